The average molecular weight is 474 g/mol. The molecule has 0 aliphatic rings. The first-order valence-corrected chi connectivity index (χ1v) is 9.41. The highest BCUT2D eigenvalue weighted by molar-refractivity contribution is 14.0. The average Bonchev–Trinajstić information content (AvgIpc) is 2.61. The summed E-state index contributed by atoms with van der Waals surface area (Å²) in [5.74, 6) is 0.913. The molecule has 0 heterocycles. The van der Waals surface area contributed by atoms with E-state index in [2.05, 4.69) is 35.5 Å². The first-order valence-electron chi connectivity index (χ1n) is 9.41. The Kier molecular flexibility index (Phi) is 14.1. The van der Waals surface area contributed by atoms with E-state index in [1.165, 1.54) is 19.3 Å². The van der Waals surface area contributed by atoms with Gasteiger partial charge < -0.3 is 15.5 Å². The molecular formula is C20H35IN4O. The lowest BCUT2D eigenvalue weighted by Gasteiger charge is -2.13. The molecule has 0 saturated carbocycles. The summed E-state index contributed by atoms with van der Waals surface area (Å²) in [4.78, 5) is 18.3. The molecular weight excluding hydrogens is 439 g/mol. The van der Waals surface area contributed by atoms with Crippen molar-refractivity contribution in [2.75, 3.05) is 33.7 Å². The van der Waals surface area contributed by atoms with Crippen LogP contribution in [0.25, 0.3) is 0 Å². The molecule has 0 unspecified atom stereocenters. The van der Waals surface area contributed by atoms with Gasteiger partial charge in [0, 0.05) is 39.3 Å². The van der Waals surface area contributed by atoms with Crippen LogP contribution in [0.5, 0.6) is 0 Å². The summed E-state index contributed by atoms with van der Waals surface area (Å²) >= 11 is 0. The molecule has 0 aromatic heterocycles. The van der Waals surface area contributed by atoms with E-state index in [-0.39, 0.29) is 29.9 Å². The Balaban J connectivity index is 0.00000625. The van der Waals surface area contributed by atoms with Gasteiger partial charge >= 0.3 is 0 Å². The lowest BCUT2D eigenvalue weighted by atomic mass is 10.1. The molecule has 6 heteroatoms. The summed E-state index contributed by atoms with van der Waals surface area (Å²) in [5.41, 5.74) is 1.89. The maximum atomic E-state index is 12.0. The summed E-state index contributed by atoms with van der Waals surface area (Å²) in [5, 5.41) is 6.66. The van der Waals surface area contributed by atoms with Crippen LogP contribution in [0.3, 0.4) is 0 Å². The number of rotatable bonds is 10. The van der Waals surface area contributed by atoms with Crippen LogP contribution in [0.15, 0.2) is 29.3 Å². The molecule has 0 spiro atoms. The Labute approximate surface area is 176 Å². The number of benzene rings is 1. The normalized spacial score (nSPS) is 10.8. The van der Waals surface area contributed by atoms with Crippen molar-refractivity contribution in [2.45, 2.75) is 46.0 Å². The third kappa shape index (κ3) is 9.99. The third-order valence-corrected chi connectivity index (χ3v) is 3.91. The Morgan fingerprint density at radius 2 is 1.88 bits per heavy atom. The lowest BCUT2D eigenvalue weighted by Crippen LogP contribution is -2.38. The number of hydrogen-bond acceptors (Lipinski definition) is 2. The fourth-order valence-corrected chi connectivity index (χ4v) is 2.51. The van der Waals surface area contributed by atoms with Crippen molar-refractivity contribution in [3.8, 4) is 0 Å². The zero-order chi connectivity index (χ0) is 18.5. The predicted octanol–water partition coefficient (Wildman–Crippen LogP) is 3.68. The Bertz CT molecular complexity index is 546. The minimum atomic E-state index is 0. The minimum absolute atomic E-state index is 0. The fraction of sp³-hybridized carbons (Fsp3) is 0.600. The number of nitrogens with one attached hydrogen (secondary N) is 2. The van der Waals surface area contributed by atoms with Gasteiger partial charge in [-0.3, -0.25) is 9.79 Å². The third-order valence-electron chi connectivity index (χ3n) is 3.91. The van der Waals surface area contributed by atoms with Crippen molar-refractivity contribution < 1.29 is 4.79 Å². The van der Waals surface area contributed by atoms with Gasteiger partial charge in [-0.15, -0.1) is 24.0 Å². The monoisotopic (exact) mass is 474 g/mol. The number of aliphatic imine (C=N–C) groups is 1. The topological polar surface area (TPSA) is 56.7 Å². The summed E-state index contributed by atoms with van der Waals surface area (Å²) in [6.45, 7) is 6.80. The van der Waals surface area contributed by atoms with Gasteiger partial charge in [-0.2, -0.15) is 0 Å². The highest BCUT2D eigenvalue weighted by Gasteiger charge is 2.08. The number of hydrogen-bond donors (Lipinski definition) is 2. The van der Waals surface area contributed by atoms with E-state index in [1.807, 2.05) is 18.2 Å². The maximum absolute atomic E-state index is 12.0. The van der Waals surface area contributed by atoms with Crippen molar-refractivity contribution in [2.24, 2.45) is 4.99 Å². The second-order valence-electron chi connectivity index (χ2n) is 6.40. The molecule has 2 N–H and O–H groups in total. The molecule has 0 atom stereocenters. The van der Waals surface area contributed by atoms with Crippen molar-refractivity contribution in [3.63, 3.8) is 0 Å². The first kappa shape index (κ1) is 24.7. The van der Waals surface area contributed by atoms with Gasteiger partial charge in [0.15, 0.2) is 5.96 Å². The second-order valence-corrected chi connectivity index (χ2v) is 6.40. The molecule has 1 amide bonds. The Morgan fingerprint density at radius 1 is 1.12 bits per heavy atom. The molecule has 1 rings (SSSR count). The van der Waals surface area contributed by atoms with Gasteiger partial charge in [-0.05, 0) is 37.5 Å². The molecule has 26 heavy (non-hydrogen) atoms. The summed E-state index contributed by atoms with van der Waals surface area (Å²) < 4.78 is 0. The number of carbonyl (C=O) groups is 1. The summed E-state index contributed by atoms with van der Waals surface area (Å²) in [7, 11) is 3.55. The molecule has 1 aromatic carbocycles. The number of guanidine groups is 1. The highest BCUT2D eigenvalue weighted by atomic mass is 127. The van der Waals surface area contributed by atoms with Gasteiger partial charge in [0.05, 0.1) is 0 Å². The largest absolute Gasteiger partial charge is 0.357 e. The van der Waals surface area contributed by atoms with Crippen molar-refractivity contribution in [1.82, 2.24) is 15.5 Å². The van der Waals surface area contributed by atoms with Crippen LogP contribution in [0.4, 0.5) is 0 Å². The molecule has 0 radical (unpaired) electrons. The predicted molar refractivity (Wildman–Crippen MR) is 122 cm³/mol. The van der Waals surface area contributed by atoms with Gasteiger partial charge in [-0.25, -0.2) is 0 Å². The second kappa shape index (κ2) is 14.8. The minimum Gasteiger partial charge on any atom is -0.357 e. The van der Waals surface area contributed by atoms with Crippen LogP contribution in [-0.4, -0.2) is 50.5 Å². The van der Waals surface area contributed by atoms with Gasteiger partial charge in [-0.1, -0.05) is 38.3 Å². The first-order chi connectivity index (χ1) is 12.1. The zero-order valence-electron chi connectivity index (χ0n) is 16.7. The SMILES string of the molecule is CCCCCCN=C(NCC)NCCc1cccc(C(=O)N(C)C)c1.I. The number of unbranched alkanes of at least 4 members (excludes halogenated alkanes) is 3. The molecule has 0 aliphatic carbocycles. The van der Waals surface area contributed by atoms with E-state index in [0.717, 1.165) is 49.6 Å². The van der Waals surface area contributed by atoms with E-state index in [4.69, 9.17) is 0 Å². The van der Waals surface area contributed by atoms with E-state index in [1.54, 1.807) is 19.0 Å². The molecule has 5 nitrogen and oxygen atoms in total. The quantitative estimate of drug-likeness (QED) is 0.236. The summed E-state index contributed by atoms with van der Waals surface area (Å²) in [6, 6.07) is 7.84. The molecule has 0 bridgehead atoms. The van der Waals surface area contributed by atoms with E-state index in [9.17, 15) is 4.79 Å². The molecule has 0 aliphatic heterocycles. The van der Waals surface area contributed by atoms with Gasteiger partial charge in [0.1, 0.15) is 0 Å². The van der Waals surface area contributed by atoms with Crippen molar-refractivity contribution in [3.05, 3.63) is 35.4 Å². The van der Waals surface area contributed by atoms with Crippen LogP contribution in [0, 0.1) is 0 Å². The molecule has 0 fully saturated rings. The van der Waals surface area contributed by atoms with E-state index < -0.39 is 0 Å². The smallest absolute Gasteiger partial charge is 0.253 e. The van der Waals surface area contributed by atoms with Crippen molar-refractivity contribution in [1.29, 1.82) is 0 Å². The van der Waals surface area contributed by atoms with Gasteiger partial charge in [0.2, 0.25) is 0 Å². The Morgan fingerprint density at radius 3 is 2.54 bits per heavy atom. The zero-order valence-corrected chi connectivity index (χ0v) is 19.0. The lowest BCUT2D eigenvalue weighted by molar-refractivity contribution is 0.0827. The fourth-order valence-electron chi connectivity index (χ4n) is 2.51. The van der Waals surface area contributed by atoms with Crippen LogP contribution in [0.1, 0.15) is 55.5 Å². The summed E-state index contributed by atoms with van der Waals surface area (Å²) in [6.07, 6.45) is 5.76. The maximum Gasteiger partial charge on any atom is 0.253 e. The highest BCUT2D eigenvalue weighted by Crippen LogP contribution is 2.07. The van der Waals surface area contributed by atoms with Crippen molar-refractivity contribution >= 4 is 35.8 Å². The standard InChI is InChI=1S/C20H34N4O.HI/c1-5-7-8-9-14-22-20(21-6-2)23-15-13-17-11-10-12-18(16-17)19(25)24(3)4;/h10-12,16H,5-9,13-15H2,1-4H3,(H2,21,22,23);1H. The van der Waals surface area contributed by atoms with Crippen LogP contribution in [-0.2, 0) is 6.42 Å². The molecule has 148 valence electrons. The van der Waals surface area contributed by atoms with E-state index in [0.29, 0.717) is 0 Å². The molecule has 0 saturated heterocycles. The van der Waals surface area contributed by atoms with Crippen LogP contribution in [0.2, 0.25) is 0 Å². The van der Waals surface area contributed by atoms with E-state index >= 15 is 0 Å². The number of halogens is 1. The van der Waals surface area contributed by atoms with Crippen LogP contribution >= 0.6 is 24.0 Å². The number of nitrogens with zero attached hydrogens (tertiary/aromatic N) is 2. The van der Waals surface area contributed by atoms with Gasteiger partial charge in [0.25, 0.3) is 5.91 Å². The molecule has 1 aromatic rings. The van der Waals surface area contributed by atoms with Crippen LogP contribution < -0.4 is 10.6 Å². The Hall–Kier alpha value is -1.31. The number of amides is 1. The number of carbonyl (C=O) groups excluding carboxylic acids is 1.